The van der Waals surface area contributed by atoms with Gasteiger partial charge in [0.25, 0.3) is 0 Å². The predicted octanol–water partition coefficient (Wildman–Crippen LogP) is 3.14. The Hall–Kier alpha value is -2.74. The number of hydrogen-bond donors (Lipinski definition) is 1. The molecule has 0 aliphatic carbocycles. The van der Waals surface area contributed by atoms with E-state index in [-0.39, 0.29) is 18.1 Å². The van der Waals surface area contributed by atoms with Gasteiger partial charge in [0, 0.05) is 11.1 Å². The molecule has 0 radical (unpaired) electrons. The number of hydrogen-bond acceptors (Lipinski definition) is 5. The van der Waals surface area contributed by atoms with E-state index in [0.29, 0.717) is 16.7 Å². The number of carbonyl (C=O) groups is 1. The minimum absolute atomic E-state index is 0.0456. The van der Waals surface area contributed by atoms with E-state index in [1.54, 1.807) is 13.0 Å². The van der Waals surface area contributed by atoms with Gasteiger partial charge in [-0.1, -0.05) is 19.1 Å². The van der Waals surface area contributed by atoms with E-state index in [2.05, 4.69) is 0 Å². The molecule has 1 heterocycles. The summed E-state index contributed by atoms with van der Waals surface area (Å²) >= 11 is 0. The van der Waals surface area contributed by atoms with Crippen molar-refractivity contribution in [1.29, 1.82) is 5.26 Å². The molecule has 21 heavy (non-hydrogen) atoms. The summed E-state index contributed by atoms with van der Waals surface area (Å²) in [4.78, 5) is 12.1. The van der Waals surface area contributed by atoms with Gasteiger partial charge in [-0.05, 0) is 25.0 Å². The first kappa shape index (κ1) is 14.7. The lowest BCUT2D eigenvalue weighted by atomic mass is 9.96. The molecule has 0 saturated heterocycles. The third-order valence-corrected chi connectivity index (χ3v) is 3.21. The maximum Gasteiger partial charge on any atom is 0.338 e. The standard InChI is InChI=1S/C16H16N2O3/c1-3-10-5-6-11(16(19)20-4-2)12(7-10)14-9-21-15(18)13(14)8-17/h5-7,9H,3-4,18H2,1-2H3. The molecule has 0 unspecified atom stereocenters. The van der Waals surface area contributed by atoms with E-state index in [4.69, 9.17) is 14.9 Å². The molecule has 2 rings (SSSR count). The second-order valence-electron chi connectivity index (χ2n) is 4.45. The van der Waals surface area contributed by atoms with Gasteiger partial charge < -0.3 is 14.9 Å². The molecule has 0 fully saturated rings. The smallest absolute Gasteiger partial charge is 0.338 e. The largest absolute Gasteiger partial charge is 0.462 e. The zero-order valence-electron chi connectivity index (χ0n) is 12.0. The average Bonchev–Trinajstić information content (AvgIpc) is 2.87. The number of carbonyl (C=O) groups excluding carboxylic acids is 1. The van der Waals surface area contributed by atoms with Crippen LogP contribution in [0.2, 0.25) is 0 Å². The van der Waals surface area contributed by atoms with Crippen molar-refractivity contribution < 1.29 is 13.9 Å². The van der Waals surface area contributed by atoms with E-state index in [9.17, 15) is 10.1 Å². The highest BCUT2D eigenvalue weighted by Crippen LogP contribution is 2.33. The van der Waals surface area contributed by atoms with Crippen molar-refractivity contribution in [3.8, 4) is 17.2 Å². The lowest BCUT2D eigenvalue weighted by molar-refractivity contribution is 0.0527. The van der Waals surface area contributed by atoms with Crippen LogP contribution in [0, 0.1) is 11.3 Å². The van der Waals surface area contributed by atoms with Crippen LogP contribution in [0.4, 0.5) is 5.88 Å². The van der Waals surface area contributed by atoms with Crippen molar-refractivity contribution in [2.45, 2.75) is 20.3 Å². The summed E-state index contributed by atoms with van der Waals surface area (Å²) in [6, 6.07) is 7.44. The van der Waals surface area contributed by atoms with Crippen LogP contribution in [-0.2, 0) is 11.2 Å². The highest BCUT2D eigenvalue weighted by molar-refractivity contribution is 5.98. The van der Waals surface area contributed by atoms with Crippen LogP contribution in [0.25, 0.3) is 11.1 Å². The number of nitrogens with two attached hydrogens (primary N) is 1. The maximum atomic E-state index is 12.1. The molecule has 1 aromatic carbocycles. The molecule has 5 nitrogen and oxygen atoms in total. The molecule has 2 aromatic rings. The van der Waals surface area contributed by atoms with Gasteiger partial charge in [0.2, 0.25) is 5.88 Å². The van der Waals surface area contributed by atoms with Crippen LogP contribution in [-0.4, -0.2) is 12.6 Å². The fraction of sp³-hybridized carbons (Fsp3) is 0.250. The number of benzene rings is 1. The Balaban J connectivity index is 2.64. The monoisotopic (exact) mass is 284 g/mol. The van der Waals surface area contributed by atoms with Crippen molar-refractivity contribution in [2.24, 2.45) is 0 Å². The fourth-order valence-electron chi connectivity index (χ4n) is 2.11. The van der Waals surface area contributed by atoms with E-state index >= 15 is 0 Å². The molecular formula is C16H16N2O3. The molecule has 108 valence electrons. The molecule has 5 heteroatoms. The molecule has 2 N–H and O–H groups in total. The number of nitrogen functional groups attached to an aromatic ring is 1. The van der Waals surface area contributed by atoms with Crippen LogP contribution >= 0.6 is 0 Å². The van der Waals surface area contributed by atoms with Crippen LogP contribution in [0.15, 0.2) is 28.9 Å². The molecular weight excluding hydrogens is 268 g/mol. The molecule has 0 spiro atoms. The Kier molecular flexibility index (Phi) is 4.29. The van der Waals surface area contributed by atoms with Crippen LogP contribution in [0.5, 0.6) is 0 Å². The first-order valence-corrected chi connectivity index (χ1v) is 6.69. The molecule has 0 atom stereocenters. The quantitative estimate of drug-likeness (QED) is 0.871. The Bertz CT molecular complexity index is 711. The summed E-state index contributed by atoms with van der Waals surface area (Å²) < 4.78 is 10.2. The first-order valence-electron chi connectivity index (χ1n) is 6.69. The normalized spacial score (nSPS) is 10.1. The van der Waals surface area contributed by atoms with Gasteiger partial charge in [-0.2, -0.15) is 5.26 Å². The SMILES string of the molecule is CCOC(=O)c1ccc(CC)cc1-c1coc(N)c1C#N. The molecule has 0 bridgehead atoms. The number of nitriles is 1. The van der Waals surface area contributed by atoms with Crippen LogP contribution in [0.1, 0.15) is 35.3 Å². The van der Waals surface area contributed by atoms with Crippen molar-refractivity contribution in [3.05, 3.63) is 41.2 Å². The van der Waals surface area contributed by atoms with Crippen molar-refractivity contribution in [2.75, 3.05) is 12.3 Å². The molecule has 0 amide bonds. The third kappa shape index (κ3) is 2.75. The van der Waals surface area contributed by atoms with Gasteiger partial charge in [0.05, 0.1) is 12.2 Å². The summed E-state index contributed by atoms with van der Waals surface area (Å²) in [5.74, 6) is -0.386. The minimum atomic E-state index is -0.432. The number of rotatable bonds is 4. The number of anilines is 1. The van der Waals surface area contributed by atoms with Crippen molar-refractivity contribution in [1.82, 2.24) is 0 Å². The number of esters is 1. The zero-order chi connectivity index (χ0) is 15.4. The maximum absolute atomic E-state index is 12.1. The second-order valence-corrected chi connectivity index (χ2v) is 4.45. The summed E-state index contributed by atoms with van der Waals surface area (Å²) in [6.07, 6.45) is 2.21. The third-order valence-electron chi connectivity index (χ3n) is 3.21. The van der Waals surface area contributed by atoms with Crippen LogP contribution < -0.4 is 5.73 Å². The Morgan fingerprint density at radius 3 is 2.76 bits per heavy atom. The molecule has 0 aliphatic rings. The Morgan fingerprint density at radius 2 is 2.14 bits per heavy atom. The Labute approximate surface area is 122 Å². The predicted molar refractivity (Wildman–Crippen MR) is 78.6 cm³/mol. The first-order chi connectivity index (χ1) is 10.1. The molecule has 0 saturated carbocycles. The second kappa shape index (κ2) is 6.14. The lowest BCUT2D eigenvalue weighted by Crippen LogP contribution is -2.07. The van der Waals surface area contributed by atoms with E-state index in [1.165, 1.54) is 6.26 Å². The van der Waals surface area contributed by atoms with Gasteiger partial charge in [0.15, 0.2) is 0 Å². The van der Waals surface area contributed by atoms with Crippen molar-refractivity contribution >= 4 is 11.9 Å². The summed E-state index contributed by atoms with van der Waals surface area (Å²) in [5, 5.41) is 9.20. The fourth-order valence-corrected chi connectivity index (χ4v) is 2.11. The number of nitrogens with zero attached hydrogens (tertiary/aromatic N) is 1. The summed E-state index contributed by atoms with van der Waals surface area (Å²) in [5.41, 5.74) is 8.42. The summed E-state index contributed by atoms with van der Waals surface area (Å²) in [7, 11) is 0. The average molecular weight is 284 g/mol. The van der Waals surface area contributed by atoms with E-state index in [1.807, 2.05) is 25.1 Å². The minimum Gasteiger partial charge on any atom is -0.462 e. The Morgan fingerprint density at radius 1 is 1.38 bits per heavy atom. The molecule has 1 aromatic heterocycles. The topological polar surface area (TPSA) is 89.2 Å². The van der Waals surface area contributed by atoms with Crippen molar-refractivity contribution in [3.63, 3.8) is 0 Å². The van der Waals surface area contributed by atoms with Gasteiger partial charge >= 0.3 is 5.97 Å². The number of ether oxygens (including phenoxy) is 1. The lowest BCUT2D eigenvalue weighted by Gasteiger charge is -2.09. The number of furan rings is 1. The number of aryl methyl sites for hydroxylation is 1. The highest BCUT2D eigenvalue weighted by Gasteiger charge is 2.20. The molecule has 0 aliphatic heterocycles. The van der Waals surface area contributed by atoms with Gasteiger partial charge in [-0.15, -0.1) is 0 Å². The van der Waals surface area contributed by atoms with Crippen LogP contribution in [0.3, 0.4) is 0 Å². The van der Waals surface area contributed by atoms with Gasteiger partial charge in [-0.3, -0.25) is 0 Å². The highest BCUT2D eigenvalue weighted by atomic mass is 16.5. The van der Waals surface area contributed by atoms with E-state index < -0.39 is 5.97 Å². The zero-order valence-corrected chi connectivity index (χ0v) is 12.0. The van der Waals surface area contributed by atoms with Gasteiger partial charge in [0.1, 0.15) is 17.9 Å². The summed E-state index contributed by atoms with van der Waals surface area (Å²) in [6.45, 7) is 4.04. The van der Waals surface area contributed by atoms with E-state index in [0.717, 1.165) is 12.0 Å². The van der Waals surface area contributed by atoms with Gasteiger partial charge in [-0.25, -0.2) is 4.79 Å².